The smallest absolute Gasteiger partial charge is 0.269 e. The van der Waals surface area contributed by atoms with Crippen molar-refractivity contribution in [1.29, 1.82) is 0 Å². The highest BCUT2D eigenvalue weighted by atomic mass is 32.1. The molecule has 0 aliphatic carbocycles. The van der Waals surface area contributed by atoms with Crippen molar-refractivity contribution >= 4 is 40.9 Å². The molecule has 2 aromatic rings. The van der Waals surface area contributed by atoms with Crippen LogP contribution in [0.1, 0.15) is 23.6 Å². The molecule has 0 radical (unpaired) electrons. The van der Waals surface area contributed by atoms with Crippen molar-refractivity contribution in [3.8, 4) is 11.5 Å². The Hall–Kier alpha value is -4.05. The molecular formula is C24H23N3O6S. The summed E-state index contributed by atoms with van der Waals surface area (Å²) < 4.78 is 11.8. The fourth-order valence-corrected chi connectivity index (χ4v) is 3.46. The SMILES string of the molecule is C=CCc1cc(/C=C2\C(=O)NC(=S)N(C)C2=O)cc(OCC)c1OCc1ccc([N+](=O)[O-])cc1. The van der Waals surface area contributed by atoms with Gasteiger partial charge in [0.1, 0.15) is 12.2 Å². The second-order valence-electron chi connectivity index (χ2n) is 7.33. The van der Waals surface area contributed by atoms with Gasteiger partial charge in [-0.25, -0.2) is 0 Å². The van der Waals surface area contributed by atoms with Crippen molar-refractivity contribution in [1.82, 2.24) is 10.2 Å². The zero-order valence-electron chi connectivity index (χ0n) is 18.7. The van der Waals surface area contributed by atoms with E-state index in [1.807, 2.05) is 6.92 Å². The number of benzene rings is 2. The number of nitro benzene ring substituents is 1. The minimum atomic E-state index is -0.574. The van der Waals surface area contributed by atoms with Crippen molar-refractivity contribution < 1.29 is 24.0 Å². The van der Waals surface area contributed by atoms with Gasteiger partial charge >= 0.3 is 0 Å². The van der Waals surface area contributed by atoms with Crippen molar-refractivity contribution in [2.24, 2.45) is 0 Å². The zero-order chi connectivity index (χ0) is 24.8. The molecule has 1 fully saturated rings. The van der Waals surface area contributed by atoms with Gasteiger partial charge in [0.15, 0.2) is 16.6 Å². The number of hydrogen-bond donors (Lipinski definition) is 1. The van der Waals surface area contributed by atoms with Gasteiger partial charge < -0.3 is 9.47 Å². The second-order valence-corrected chi connectivity index (χ2v) is 7.71. The molecule has 0 aromatic heterocycles. The average molecular weight is 482 g/mol. The quantitative estimate of drug-likeness (QED) is 0.146. The molecule has 0 atom stereocenters. The number of likely N-dealkylation sites (N-methyl/N-ethyl adjacent to an activating group) is 1. The topological polar surface area (TPSA) is 111 Å². The molecule has 0 saturated carbocycles. The van der Waals surface area contributed by atoms with Crippen LogP contribution < -0.4 is 14.8 Å². The summed E-state index contributed by atoms with van der Waals surface area (Å²) in [6.07, 6.45) is 3.62. The molecule has 2 aromatic carbocycles. The minimum Gasteiger partial charge on any atom is -0.490 e. The Bertz CT molecular complexity index is 1190. The molecule has 34 heavy (non-hydrogen) atoms. The molecule has 0 spiro atoms. The standard InChI is InChI=1S/C24H23N3O6S/c1-4-6-17-11-16(12-19-22(28)25-24(34)26(3)23(19)29)13-20(32-5-2)21(17)33-14-15-7-9-18(10-8-15)27(30)31/h4,7-13H,1,5-6,14H2,2-3H3,(H,25,28,34)/b19-12+. The van der Waals surface area contributed by atoms with Gasteiger partial charge in [0, 0.05) is 24.7 Å². The van der Waals surface area contributed by atoms with Crippen LogP contribution in [-0.2, 0) is 22.6 Å². The van der Waals surface area contributed by atoms with Crippen LogP contribution in [0.3, 0.4) is 0 Å². The highest BCUT2D eigenvalue weighted by Gasteiger charge is 2.31. The van der Waals surface area contributed by atoms with E-state index in [4.69, 9.17) is 21.7 Å². The van der Waals surface area contributed by atoms with Gasteiger partial charge in [-0.15, -0.1) is 6.58 Å². The summed E-state index contributed by atoms with van der Waals surface area (Å²) in [6.45, 7) is 6.13. The summed E-state index contributed by atoms with van der Waals surface area (Å²) >= 11 is 4.98. The number of carbonyl (C=O) groups is 2. The highest BCUT2D eigenvalue weighted by Crippen LogP contribution is 2.35. The lowest BCUT2D eigenvalue weighted by atomic mass is 10.0. The fraction of sp³-hybridized carbons (Fsp3) is 0.208. The molecule has 1 saturated heterocycles. The first kappa shape index (κ1) is 24.6. The number of hydrogen-bond acceptors (Lipinski definition) is 7. The number of ether oxygens (including phenoxy) is 2. The number of allylic oxidation sites excluding steroid dienone is 1. The summed E-state index contributed by atoms with van der Waals surface area (Å²) in [6, 6.07) is 9.54. The summed E-state index contributed by atoms with van der Waals surface area (Å²) in [5, 5.41) is 13.4. The van der Waals surface area contributed by atoms with Crippen molar-refractivity contribution in [3.63, 3.8) is 0 Å². The van der Waals surface area contributed by atoms with E-state index in [1.165, 1.54) is 30.2 Å². The lowest BCUT2D eigenvalue weighted by molar-refractivity contribution is -0.384. The highest BCUT2D eigenvalue weighted by molar-refractivity contribution is 7.80. The van der Waals surface area contributed by atoms with Crippen LogP contribution in [0.2, 0.25) is 0 Å². The maximum absolute atomic E-state index is 12.6. The lowest BCUT2D eigenvalue weighted by Gasteiger charge is -2.25. The summed E-state index contributed by atoms with van der Waals surface area (Å²) in [4.78, 5) is 36.5. The molecular weight excluding hydrogens is 458 g/mol. The van der Waals surface area contributed by atoms with Crippen LogP contribution in [0, 0.1) is 10.1 Å². The second kappa shape index (κ2) is 10.7. The first-order chi connectivity index (χ1) is 16.2. The minimum absolute atomic E-state index is 0.00352. The van der Waals surface area contributed by atoms with E-state index in [9.17, 15) is 19.7 Å². The number of thiocarbonyl (C=S) groups is 1. The number of rotatable bonds is 9. The predicted molar refractivity (Wildman–Crippen MR) is 130 cm³/mol. The molecule has 1 aliphatic heterocycles. The number of amides is 2. The Morgan fingerprint density at radius 2 is 1.91 bits per heavy atom. The fourth-order valence-electron chi connectivity index (χ4n) is 3.28. The van der Waals surface area contributed by atoms with Gasteiger partial charge in [0.05, 0.1) is 11.5 Å². The van der Waals surface area contributed by atoms with Gasteiger partial charge in [0.2, 0.25) is 0 Å². The van der Waals surface area contributed by atoms with Crippen LogP contribution in [0.15, 0.2) is 54.6 Å². The number of nitrogens with zero attached hydrogens (tertiary/aromatic N) is 2. The molecule has 1 N–H and O–H groups in total. The van der Waals surface area contributed by atoms with E-state index in [-0.39, 0.29) is 23.0 Å². The van der Waals surface area contributed by atoms with E-state index in [2.05, 4.69) is 11.9 Å². The number of nitro groups is 1. The molecule has 0 unspecified atom stereocenters. The number of nitrogens with one attached hydrogen (secondary N) is 1. The van der Waals surface area contributed by atoms with E-state index >= 15 is 0 Å². The predicted octanol–water partition coefficient (Wildman–Crippen LogP) is 3.56. The Morgan fingerprint density at radius 1 is 1.21 bits per heavy atom. The van der Waals surface area contributed by atoms with Crippen LogP contribution in [0.5, 0.6) is 11.5 Å². The molecule has 2 amide bonds. The Labute approximate surface area is 201 Å². The Morgan fingerprint density at radius 3 is 2.53 bits per heavy atom. The van der Waals surface area contributed by atoms with Crippen LogP contribution in [0.4, 0.5) is 5.69 Å². The van der Waals surface area contributed by atoms with Crippen LogP contribution >= 0.6 is 12.2 Å². The van der Waals surface area contributed by atoms with Gasteiger partial charge in [-0.1, -0.05) is 6.08 Å². The summed E-state index contributed by atoms with van der Waals surface area (Å²) in [7, 11) is 1.49. The van der Waals surface area contributed by atoms with Crippen molar-refractivity contribution in [2.45, 2.75) is 20.0 Å². The first-order valence-corrected chi connectivity index (χ1v) is 10.8. The zero-order valence-corrected chi connectivity index (χ0v) is 19.5. The monoisotopic (exact) mass is 481 g/mol. The lowest BCUT2D eigenvalue weighted by Crippen LogP contribution is -2.52. The van der Waals surface area contributed by atoms with Gasteiger partial charge in [-0.3, -0.25) is 29.9 Å². The molecule has 176 valence electrons. The third kappa shape index (κ3) is 5.46. The van der Waals surface area contributed by atoms with Gasteiger partial charge in [-0.2, -0.15) is 0 Å². The summed E-state index contributed by atoms with van der Waals surface area (Å²) in [5.41, 5.74) is 2.00. The summed E-state index contributed by atoms with van der Waals surface area (Å²) in [5.74, 6) is -0.159. The van der Waals surface area contributed by atoms with Gasteiger partial charge in [0.25, 0.3) is 17.5 Å². The van der Waals surface area contributed by atoms with E-state index in [1.54, 1.807) is 30.3 Å². The Kier molecular flexibility index (Phi) is 7.75. The largest absolute Gasteiger partial charge is 0.490 e. The normalized spacial score (nSPS) is 14.7. The van der Waals surface area contributed by atoms with Crippen LogP contribution in [0.25, 0.3) is 6.08 Å². The van der Waals surface area contributed by atoms with Crippen molar-refractivity contribution in [3.05, 3.63) is 81.4 Å². The third-order valence-corrected chi connectivity index (χ3v) is 5.34. The molecule has 0 bridgehead atoms. The first-order valence-electron chi connectivity index (χ1n) is 10.4. The maximum Gasteiger partial charge on any atom is 0.269 e. The number of non-ortho nitro benzene ring substituents is 1. The van der Waals surface area contributed by atoms with E-state index in [0.717, 1.165) is 11.1 Å². The van der Waals surface area contributed by atoms with E-state index < -0.39 is 16.7 Å². The van der Waals surface area contributed by atoms with E-state index in [0.29, 0.717) is 30.1 Å². The molecule has 3 rings (SSSR count). The molecule has 10 heteroatoms. The maximum atomic E-state index is 12.6. The number of carbonyl (C=O) groups excluding carboxylic acids is 2. The van der Waals surface area contributed by atoms with Gasteiger partial charge in [-0.05, 0) is 67.0 Å². The average Bonchev–Trinajstić information content (AvgIpc) is 2.80. The third-order valence-electron chi connectivity index (χ3n) is 4.96. The molecule has 1 aliphatic rings. The molecule has 9 nitrogen and oxygen atoms in total. The molecule has 1 heterocycles. The van der Waals surface area contributed by atoms with Crippen LogP contribution in [-0.4, -0.2) is 40.4 Å². The Balaban J connectivity index is 1.96. The van der Waals surface area contributed by atoms with Crippen molar-refractivity contribution in [2.75, 3.05) is 13.7 Å².